The van der Waals surface area contributed by atoms with E-state index in [-0.39, 0.29) is 16.5 Å². The number of H-pyrrole nitrogens is 1. The Morgan fingerprint density at radius 1 is 1.08 bits per heavy atom. The molecule has 0 unspecified atom stereocenters. The highest BCUT2D eigenvalue weighted by atomic mass is 35.5. The standard InChI is InChI=1S/C26H21ClFN7O2/c27-19-11-17(7-8-20(19)28)32-26-31-14-18(15-10-16(25(36)37)13-29-12-15)24(35-26)30-9-3-6-23-33-21-4-1-2-5-22(21)34-23/h1-2,4-5,7-8,10-14H,3,6,9H2,(H,33,34)(H,36,37)(H2,30,31,32,35). The molecule has 5 rings (SSSR count). The molecule has 186 valence electrons. The first-order valence-electron chi connectivity index (χ1n) is 11.4. The fourth-order valence-electron chi connectivity index (χ4n) is 3.78. The number of anilines is 3. The number of nitrogens with one attached hydrogen (secondary N) is 3. The number of nitrogens with zero attached hydrogens (tertiary/aromatic N) is 4. The summed E-state index contributed by atoms with van der Waals surface area (Å²) in [5.41, 5.74) is 3.62. The second-order valence-electron chi connectivity index (χ2n) is 8.21. The second kappa shape index (κ2) is 10.6. The van der Waals surface area contributed by atoms with E-state index in [1.165, 1.54) is 30.5 Å². The first-order chi connectivity index (χ1) is 18.0. The second-order valence-corrected chi connectivity index (χ2v) is 8.62. The van der Waals surface area contributed by atoms with Gasteiger partial charge in [-0.15, -0.1) is 0 Å². The Labute approximate surface area is 215 Å². The third kappa shape index (κ3) is 5.65. The molecule has 0 saturated carbocycles. The third-order valence-corrected chi connectivity index (χ3v) is 5.87. The summed E-state index contributed by atoms with van der Waals surface area (Å²) in [5.74, 6) is 0.0243. The Kier molecular flexibility index (Phi) is 6.91. The number of halogens is 2. The molecule has 3 aromatic heterocycles. The molecule has 0 bridgehead atoms. The minimum Gasteiger partial charge on any atom is -0.478 e. The zero-order chi connectivity index (χ0) is 25.8. The van der Waals surface area contributed by atoms with Crippen molar-refractivity contribution < 1.29 is 14.3 Å². The Morgan fingerprint density at radius 2 is 1.95 bits per heavy atom. The van der Waals surface area contributed by atoms with Crippen LogP contribution in [0.25, 0.3) is 22.2 Å². The molecule has 0 radical (unpaired) electrons. The lowest BCUT2D eigenvalue weighted by atomic mass is 10.1. The number of aromatic amines is 1. The average Bonchev–Trinajstić information content (AvgIpc) is 3.32. The van der Waals surface area contributed by atoms with Crippen molar-refractivity contribution in [1.82, 2.24) is 24.9 Å². The Morgan fingerprint density at radius 3 is 2.76 bits per heavy atom. The van der Waals surface area contributed by atoms with Gasteiger partial charge in [-0.1, -0.05) is 23.7 Å². The predicted molar refractivity (Wildman–Crippen MR) is 140 cm³/mol. The number of benzene rings is 2. The molecule has 0 aliphatic heterocycles. The van der Waals surface area contributed by atoms with Gasteiger partial charge in [0.2, 0.25) is 5.95 Å². The van der Waals surface area contributed by atoms with Gasteiger partial charge in [0.15, 0.2) is 0 Å². The molecule has 3 heterocycles. The van der Waals surface area contributed by atoms with Gasteiger partial charge in [-0.05, 0) is 42.8 Å². The largest absolute Gasteiger partial charge is 0.478 e. The van der Waals surface area contributed by atoms with Crippen LogP contribution in [0.15, 0.2) is 67.1 Å². The lowest BCUT2D eigenvalue weighted by Crippen LogP contribution is -2.09. The van der Waals surface area contributed by atoms with Gasteiger partial charge in [-0.3, -0.25) is 4.98 Å². The molecule has 0 spiro atoms. The number of aryl methyl sites for hydroxylation is 1. The van der Waals surface area contributed by atoms with Crippen molar-refractivity contribution in [1.29, 1.82) is 0 Å². The summed E-state index contributed by atoms with van der Waals surface area (Å²) in [4.78, 5) is 32.3. The maximum absolute atomic E-state index is 13.5. The van der Waals surface area contributed by atoms with E-state index in [1.54, 1.807) is 12.4 Å². The fraction of sp³-hybridized carbons (Fsp3) is 0.115. The van der Waals surface area contributed by atoms with E-state index < -0.39 is 11.8 Å². The summed E-state index contributed by atoms with van der Waals surface area (Å²) in [6, 6.07) is 13.6. The van der Waals surface area contributed by atoms with Crippen LogP contribution in [0.3, 0.4) is 0 Å². The third-order valence-electron chi connectivity index (χ3n) is 5.58. The minimum atomic E-state index is -1.08. The van der Waals surface area contributed by atoms with E-state index in [9.17, 15) is 14.3 Å². The molecule has 0 saturated heterocycles. The van der Waals surface area contributed by atoms with Gasteiger partial charge in [-0.2, -0.15) is 4.98 Å². The van der Waals surface area contributed by atoms with Crippen molar-refractivity contribution in [3.05, 3.63) is 89.3 Å². The minimum absolute atomic E-state index is 0.0258. The topological polar surface area (TPSA) is 129 Å². The van der Waals surface area contributed by atoms with Crippen LogP contribution in [0.5, 0.6) is 0 Å². The smallest absolute Gasteiger partial charge is 0.337 e. The van der Waals surface area contributed by atoms with E-state index in [1.807, 2.05) is 24.3 Å². The molecule has 0 aliphatic carbocycles. The molecule has 0 fully saturated rings. The van der Waals surface area contributed by atoms with E-state index >= 15 is 0 Å². The molecule has 9 nitrogen and oxygen atoms in total. The van der Waals surface area contributed by atoms with E-state index in [4.69, 9.17) is 11.6 Å². The van der Waals surface area contributed by atoms with Crippen LogP contribution in [0.2, 0.25) is 5.02 Å². The van der Waals surface area contributed by atoms with Crippen LogP contribution in [0.4, 0.5) is 21.8 Å². The van der Waals surface area contributed by atoms with Gasteiger partial charge in [0, 0.05) is 48.4 Å². The Balaban J connectivity index is 1.37. The molecule has 5 aromatic rings. The van der Waals surface area contributed by atoms with Crippen molar-refractivity contribution in [2.24, 2.45) is 0 Å². The zero-order valence-electron chi connectivity index (χ0n) is 19.4. The van der Waals surface area contributed by atoms with Gasteiger partial charge >= 0.3 is 5.97 Å². The van der Waals surface area contributed by atoms with Gasteiger partial charge in [0.1, 0.15) is 17.5 Å². The molecule has 2 aromatic carbocycles. The lowest BCUT2D eigenvalue weighted by molar-refractivity contribution is 0.0696. The normalized spacial score (nSPS) is 11.0. The molecule has 11 heteroatoms. The lowest BCUT2D eigenvalue weighted by Gasteiger charge is -2.13. The number of aromatic nitrogens is 5. The maximum Gasteiger partial charge on any atom is 0.337 e. The number of pyridine rings is 1. The average molecular weight is 518 g/mol. The quantitative estimate of drug-likeness (QED) is 0.183. The highest BCUT2D eigenvalue weighted by molar-refractivity contribution is 6.31. The summed E-state index contributed by atoms with van der Waals surface area (Å²) in [6.45, 7) is 0.564. The number of hydrogen-bond acceptors (Lipinski definition) is 7. The van der Waals surface area contributed by atoms with Crippen molar-refractivity contribution in [3.8, 4) is 11.1 Å². The summed E-state index contributed by atoms with van der Waals surface area (Å²) < 4.78 is 13.5. The number of imidazole rings is 1. The summed E-state index contributed by atoms with van der Waals surface area (Å²) in [6.07, 6.45) is 5.88. The molecule has 4 N–H and O–H groups in total. The first-order valence-corrected chi connectivity index (χ1v) is 11.8. The van der Waals surface area contributed by atoms with E-state index in [0.29, 0.717) is 29.2 Å². The molecule has 0 atom stereocenters. The Hall–Kier alpha value is -4.57. The summed E-state index contributed by atoms with van der Waals surface area (Å²) in [5, 5.41) is 15.7. The number of carboxylic acids is 1. The van der Waals surface area contributed by atoms with Crippen LogP contribution in [0, 0.1) is 5.82 Å². The van der Waals surface area contributed by atoms with Crippen molar-refractivity contribution >= 4 is 46.1 Å². The Bertz CT molecular complexity index is 1560. The van der Waals surface area contributed by atoms with Gasteiger partial charge in [0.25, 0.3) is 0 Å². The summed E-state index contributed by atoms with van der Waals surface area (Å²) in [7, 11) is 0. The molecular formula is C26H21ClFN7O2. The fourth-order valence-corrected chi connectivity index (χ4v) is 3.96. The van der Waals surface area contributed by atoms with Crippen LogP contribution >= 0.6 is 11.6 Å². The van der Waals surface area contributed by atoms with Crippen LogP contribution in [-0.4, -0.2) is 42.5 Å². The first kappa shape index (κ1) is 24.1. The predicted octanol–water partition coefficient (Wildman–Crippen LogP) is 5.69. The number of hydrogen-bond donors (Lipinski definition) is 4. The highest BCUT2D eigenvalue weighted by Crippen LogP contribution is 2.28. The monoisotopic (exact) mass is 517 g/mol. The number of rotatable bonds is 9. The molecule has 0 aliphatic rings. The SMILES string of the molecule is O=C(O)c1cncc(-c2cnc(Nc3ccc(F)c(Cl)c3)nc2NCCCc2nc3ccccc3[nH]2)c1. The van der Waals surface area contributed by atoms with E-state index in [2.05, 4.69) is 35.6 Å². The van der Waals surface area contributed by atoms with Crippen LogP contribution in [-0.2, 0) is 6.42 Å². The maximum atomic E-state index is 13.5. The zero-order valence-corrected chi connectivity index (χ0v) is 20.1. The van der Waals surface area contributed by atoms with Gasteiger partial charge in [0.05, 0.1) is 21.6 Å². The van der Waals surface area contributed by atoms with Crippen molar-refractivity contribution in [2.75, 3.05) is 17.2 Å². The molecule has 0 amide bonds. The summed E-state index contributed by atoms with van der Waals surface area (Å²) >= 11 is 5.89. The van der Waals surface area contributed by atoms with Gasteiger partial charge in [-0.25, -0.2) is 19.2 Å². The number of para-hydroxylation sites is 2. The van der Waals surface area contributed by atoms with Crippen LogP contribution in [0.1, 0.15) is 22.6 Å². The number of carboxylic acid groups (broad SMARTS) is 1. The molecule has 37 heavy (non-hydrogen) atoms. The number of aromatic carboxylic acids is 1. The highest BCUT2D eigenvalue weighted by Gasteiger charge is 2.13. The molecular weight excluding hydrogens is 497 g/mol. The number of carbonyl (C=O) groups is 1. The van der Waals surface area contributed by atoms with Gasteiger partial charge < -0.3 is 20.7 Å². The van der Waals surface area contributed by atoms with Crippen molar-refractivity contribution in [2.45, 2.75) is 12.8 Å². The van der Waals surface area contributed by atoms with Crippen molar-refractivity contribution in [3.63, 3.8) is 0 Å². The van der Waals surface area contributed by atoms with E-state index in [0.717, 1.165) is 29.7 Å². The number of fused-ring (bicyclic) bond motifs is 1. The van der Waals surface area contributed by atoms with Crippen LogP contribution < -0.4 is 10.6 Å².